The van der Waals surface area contributed by atoms with E-state index in [9.17, 15) is 0 Å². The van der Waals surface area contributed by atoms with Crippen molar-refractivity contribution in [2.75, 3.05) is 25.0 Å². The molecule has 1 atom stereocenters. The maximum atomic E-state index is 4.21. The van der Waals surface area contributed by atoms with Crippen molar-refractivity contribution >= 4 is 16.5 Å². The van der Waals surface area contributed by atoms with Crippen LogP contribution in [0.1, 0.15) is 31.7 Å². The number of nitrogens with one attached hydrogen (secondary N) is 1. The Labute approximate surface area is 101 Å². The summed E-state index contributed by atoms with van der Waals surface area (Å²) < 4.78 is 0. The van der Waals surface area contributed by atoms with E-state index in [0.717, 1.165) is 29.1 Å². The monoisotopic (exact) mass is 240 g/mol. The van der Waals surface area contributed by atoms with Gasteiger partial charge < -0.3 is 5.32 Å². The van der Waals surface area contributed by atoms with Crippen molar-refractivity contribution in [1.82, 2.24) is 15.1 Å². The molecule has 0 spiro atoms. The number of hydrogen-bond acceptors (Lipinski definition) is 5. The largest absolute Gasteiger partial charge is 0.360 e. The summed E-state index contributed by atoms with van der Waals surface area (Å²) in [4.78, 5) is 2.49. The average molecular weight is 240 g/mol. The molecule has 4 nitrogen and oxygen atoms in total. The van der Waals surface area contributed by atoms with Crippen LogP contribution in [0.5, 0.6) is 0 Å². The van der Waals surface area contributed by atoms with Crippen LogP contribution in [0.3, 0.4) is 0 Å². The Morgan fingerprint density at radius 3 is 3.00 bits per heavy atom. The van der Waals surface area contributed by atoms with Gasteiger partial charge in [0.25, 0.3) is 0 Å². The van der Waals surface area contributed by atoms with Gasteiger partial charge in [-0.3, -0.25) is 4.90 Å². The first-order valence-electron chi connectivity index (χ1n) is 6.10. The quantitative estimate of drug-likeness (QED) is 0.856. The van der Waals surface area contributed by atoms with E-state index in [1.807, 2.05) is 0 Å². The van der Waals surface area contributed by atoms with Crippen LogP contribution >= 0.6 is 11.3 Å². The number of rotatable bonds is 5. The van der Waals surface area contributed by atoms with Crippen LogP contribution in [-0.2, 0) is 6.54 Å². The topological polar surface area (TPSA) is 41.1 Å². The molecule has 1 unspecified atom stereocenters. The van der Waals surface area contributed by atoms with Crippen LogP contribution in [0, 0.1) is 5.92 Å². The number of nitrogens with zero attached hydrogens (tertiary/aromatic N) is 3. The van der Waals surface area contributed by atoms with Gasteiger partial charge in [-0.1, -0.05) is 24.7 Å². The molecule has 1 fully saturated rings. The Bertz CT molecular complexity index is 326. The molecular formula is C11H20N4S. The summed E-state index contributed by atoms with van der Waals surface area (Å²) >= 11 is 1.68. The van der Waals surface area contributed by atoms with Crippen LogP contribution in [0.25, 0.3) is 0 Å². The fourth-order valence-corrected chi connectivity index (χ4v) is 2.97. The molecule has 5 heteroatoms. The van der Waals surface area contributed by atoms with Gasteiger partial charge in [-0.2, -0.15) is 0 Å². The maximum Gasteiger partial charge on any atom is 0.205 e. The third-order valence-corrected chi connectivity index (χ3v) is 3.97. The highest BCUT2D eigenvalue weighted by Gasteiger charge is 2.21. The van der Waals surface area contributed by atoms with Crippen molar-refractivity contribution in [1.29, 1.82) is 0 Å². The zero-order chi connectivity index (χ0) is 11.4. The predicted molar refractivity (Wildman–Crippen MR) is 67.7 cm³/mol. The summed E-state index contributed by atoms with van der Waals surface area (Å²) in [6.45, 7) is 8.69. The Morgan fingerprint density at radius 1 is 1.44 bits per heavy atom. The second kappa shape index (κ2) is 5.59. The molecule has 0 aliphatic carbocycles. The molecule has 2 rings (SSSR count). The lowest BCUT2D eigenvalue weighted by molar-refractivity contribution is 0.314. The summed E-state index contributed by atoms with van der Waals surface area (Å²) in [5, 5.41) is 13.6. The van der Waals surface area contributed by atoms with Gasteiger partial charge in [0.2, 0.25) is 5.13 Å². The molecule has 2 heterocycles. The lowest BCUT2D eigenvalue weighted by Gasteiger charge is -2.12. The van der Waals surface area contributed by atoms with E-state index in [4.69, 9.17) is 0 Å². The molecule has 0 aromatic carbocycles. The van der Waals surface area contributed by atoms with Gasteiger partial charge in [-0.05, 0) is 25.8 Å². The molecule has 1 aliphatic heterocycles. The first-order chi connectivity index (χ1) is 7.81. The third kappa shape index (κ3) is 2.92. The smallest absolute Gasteiger partial charge is 0.205 e. The standard InChI is InChI=1S/C11H20N4S/c1-3-9-5-6-15(7-9)8-10-13-14-11(16-10)12-4-2/h9H,3-8H2,1-2H3,(H,12,14). The molecule has 0 amide bonds. The van der Waals surface area contributed by atoms with E-state index < -0.39 is 0 Å². The maximum absolute atomic E-state index is 4.21. The molecule has 1 saturated heterocycles. The van der Waals surface area contributed by atoms with Crippen LogP contribution < -0.4 is 5.32 Å². The summed E-state index contributed by atoms with van der Waals surface area (Å²) in [6, 6.07) is 0. The highest BCUT2D eigenvalue weighted by molar-refractivity contribution is 7.15. The molecule has 0 radical (unpaired) electrons. The van der Waals surface area contributed by atoms with E-state index in [1.54, 1.807) is 11.3 Å². The second-order valence-electron chi connectivity index (χ2n) is 4.33. The Hall–Kier alpha value is -0.680. The van der Waals surface area contributed by atoms with Crippen molar-refractivity contribution < 1.29 is 0 Å². The molecular weight excluding hydrogens is 220 g/mol. The lowest BCUT2D eigenvalue weighted by atomic mass is 10.1. The normalized spacial score (nSPS) is 21.5. The highest BCUT2D eigenvalue weighted by atomic mass is 32.1. The minimum absolute atomic E-state index is 0.890. The fraction of sp³-hybridized carbons (Fsp3) is 0.818. The molecule has 1 aromatic heterocycles. The van der Waals surface area contributed by atoms with Gasteiger partial charge in [-0.25, -0.2) is 0 Å². The number of likely N-dealkylation sites (tertiary alicyclic amines) is 1. The van der Waals surface area contributed by atoms with Crippen LogP contribution in [-0.4, -0.2) is 34.7 Å². The summed E-state index contributed by atoms with van der Waals surface area (Å²) in [5.74, 6) is 0.890. The van der Waals surface area contributed by atoms with Crippen molar-refractivity contribution in [3.63, 3.8) is 0 Å². The van der Waals surface area contributed by atoms with Gasteiger partial charge in [0.05, 0.1) is 6.54 Å². The highest BCUT2D eigenvalue weighted by Crippen LogP contribution is 2.23. The van der Waals surface area contributed by atoms with Crippen molar-refractivity contribution in [3.05, 3.63) is 5.01 Å². The predicted octanol–water partition coefficient (Wildman–Crippen LogP) is 2.20. The van der Waals surface area contributed by atoms with Gasteiger partial charge in [0, 0.05) is 13.1 Å². The third-order valence-electron chi connectivity index (χ3n) is 3.10. The Balaban J connectivity index is 1.84. The van der Waals surface area contributed by atoms with Gasteiger partial charge in [0.15, 0.2) is 0 Å². The van der Waals surface area contributed by atoms with Gasteiger partial charge in [-0.15, -0.1) is 10.2 Å². The lowest BCUT2D eigenvalue weighted by Crippen LogP contribution is -2.19. The molecule has 0 bridgehead atoms. The summed E-state index contributed by atoms with van der Waals surface area (Å²) in [6.07, 6.45) is 2.64. The van der Waals surface area contributed by atoms with Crippen molar-refractivity contribution in [3.8, 4) is 0 Å². The Morgan fingerprint density at radius 2 is 2.31 bits per heavy atom. The van der Waals surface area contributed by atoms with E-state index in [0.29, 0.717) is 0 Å². The fourth-order valence-electron chi connectivity index (χ4n) is 2.12. The zero-order valence-corrected chi connectivity index (χ0v) is 10.9. The summed E-state index contributed by atoms with van der Waals surface area (Å²) in [7, 11) is 0. The van der Waals surface area contributed by atoms with Crippen LogP contribution in [0.4, 0.5) is 5.13 Å². The van der Waals surface area contributed by atoms with Crippen LogP contribution in [0.2, 0.25) is 0 Å². The molecule has 1 aliphatic rings. The molecule has 90 valence electrons. The zero-order valence-electron chi connectivity index (χ0n) is 10.1. The number of hydrogen-bond donors (Lipinski definition) is 1. The second-order valence-corrected chi connectivity index (χ2v) is 5.39. The average Bonchev–Trinajstić information content (AvgIpc) is 2.89. The molecule has 16 heavy (non-hydrogen) atoms. The first kappa shape index (κ1) is 11.8. The van der Waals surface area contributed by atoms with Gasteiger partial charge >= 0.3 is 0 Å². The van der Waals surface area contributed by atoms with Crippen molar-refractivity contribution in [2.24, 2.45) is 5.92 Å². The minimum Gasteiger partial charge on any atom is -0.360 e. The number of anilines is 1. The SMILES string of the molecule is CCNc1nnc(CN2CCC(CC)C2)s1. The first-order valence-corrected chi connectivity index (χ1v) is 6.92. The van der Waals surface area contributed by atoms with Crippen molar-refractivity contribution in [2.45, 2.75) is 33.2 Å². The molecule has 0 saturated carbocycles. The summed E-state index contributed by atoms with van der Waals surface area (Å²) in [5.41, 5.74) is 0. The van der Waals surface area contributed by atoms with Crippen LogP contribution in [0.15, 0.2) is 0 Å². The Kier molecular flexibility index (Phi) is 4.12. The van der Waals surface area contributed by atoms with E-state index in [-0.39, 0.29) is 0 Å². The molecule has 1 N–H and O–H groups in total. The van der Waals surface area contributed by atoms with Gasteiger partial charge in [0.1, 0.15) is 5.01 Å². The minimum atomic E-state index is 0.890. The number of aromatic nitrogens is 2. The van der Waals surface area contributed by atoms with E-state index >= 15 is 0 Å². The molecule has 1 aromatic rings. The van der Waals surface area contributed by atoms with E-state index in [1.165, 1.54) is 25.9 Å². The van der Waals surface area contributed by atoms with E-state index in [2.05, 4.69) is 34.3 Å².